The van der Waals surface area contributed by atoms with Crippen molar-refractivity contribution in [2.24, 2.45) is 0 Å². The Bertz CT molecular complexity index is 959. The number of carbonyl (C=O) groups is 2. The molecule has 1 aliphatic rings. The Labute approximate surface area is 171 Å². The quantitative estimate of drug-likeness (QED) is 0.445. The van der Waals surface area contributed by atoms with Gasteiger partial charge in [-0.2, -0.15) is 0 Å². The molecule has 1 N–H and O–H groups in total. The van der Waals surface area contributed by atoms with E-state index in [4.69, 9.17) is 4.74 Å². The average molecular weight is 393 g/mol. The fraction of sp³-hybridized carbons (Fsp3) is 0.333. The lowest BCUT2D eigenvalue weighted by Crippen LogP contribution is -2.30. The number of hydrogen-bond donors (Lipinski definition) is 1. The topological polar surface area (TPSA) is 66.8 Å². The number of ketones is 1. The van der Waals surface area contributed by atoms with Gasteiger partial charge in [-0.15, -0.1) is 0 Å². The predicted molar refractivity (Wildman–Crippen MR) is 113 cm³/mol. The molecule has 3 rings (SSSR count). The van der Waals surface area contributed by atoms with Crippen molar-refractivity contribution in [2.75, 3.05) is 13.2 Å². The molecule has 29 heavy (non-hydrogen) atoms. The molecule has 0 radical (unpaired) electrons. The summed E-state index contributed by atoms with van der Waals surface area (Å²) in [5.74, 6) is -0.633. The van der Waals surface area contributed by atoms with Gasteiger partial charge < -0.3 is 14.7 Å². The zero-order valence-electron chi connectivity index (χ0n) is 17.4. The molecule has 1 fully saturated rings. The van der Waals surface area contributed by atoms with Crippen molar-refractivity contribution in [3.8, 4) is 5.75 Å². The van der Waals surface area contributed by atoms with Crippen molar-refractivity contribution in [1.82, 2.24) is 4.90 Å². The number of amides is 1. The van der Waals surface area contributed by atoms with Gasteiger partial charge in [0.1, 0.15) is 11.5 Å². The minimum Gasteiger partial charge on any atom is -0.507 e. The molecule has 5 nitrogen and oxygen atoms in total. The molecular weight excluding hydrogens is 366 g/mol. The van der Waals surface area contributed by atoms with Gasteiger partial charge in [0.25, 0.3) is 11.7 Å². The molecular formula is C24H27NO4. The normalized spacial score (nSPS) is 18.3. The smallest absolute Gasteiger partial charge is 0.295 e. The Kier molecular flexibility index (Phi) is 6.06. The summed E-state index contributed by atoms with van der Waals surface area (Å²) in [6.07, 6.45) is 0.713. The molecule has 1 atom stereocenters. The number of aryl methyl sites for hydroxylation is 2. The number of hydrogen-bond acceptors (Lipinski definition) is 4. The highest BCUT2D eigenvalue weighted by molar-refractivity contribution is 6.46. The van der Waals surface area contributed by atoms with Gasteiger partial charge in [0.05, 0.1) is 18.2 Å². The van der Waals surface area contributed by atoms with E-state index in [9.17, 15) is 14.7 Å². The molecule has 0 saturated carbocycles. The zero-order valence-corrected chi connectivity index (χ0v) is 17.4. The molecule has 1 aliphatic heterocycles. The Balaban J connectivity index is 2.14. The van der Waals surface area contributed by atoms with Gasteiger partial charge >= 0.3 is 0 Å². The summed E-state index contributed by atoms with van der Waals surface area (Å²) in [5.41, 5.74) is 3.55. The molecule has 1 heterocycles. The first-order chi connectivity index (χ1) is 13.9. The van der Waals surface area contributed by atoms with Crippen LogP contribution in [0.5, 0.6) is 5.75 Å². The maximum absolute atomic E-state index is 12.9. The van der Waals surface area contributed by atoms with E-state index in [1.54, 1.807) is 11.0 Å². The van der Waals surface area contributed by atoms with Crippen molar-refractivity contribution in [2.45, 2.75) is 40.2 Å². The highest BCUT2D eigenvalue weighted by Crippen LogP contribution is 2.40. The number of rotatable bonds is 6. The number of aliphatic hydroxyl groups is 1. The van der Waals surface area contributed by atoms with E-state index in [0.29, 0.717) is 25.1 Å². The van der Waals surface area contributed by atoms with Crippen molar-refractivity contribution >= 4 is 17.4 Å². The molecule has 0 aromatic heterocycles. The minimum atomic E-state index is -0.645. The van der Waals surface area contributed by atoms with Crippen LogP contribution in [-0.4, -0.2) is 34.8 Å². The monoisotopic (exact) mass is 393 g/mol. The van der Waals surface area contributed by atoms with Crippen LogP contribution in [0, 0.1) is 13.8 Å². The van der Waals surface area contributed by atoms with E-state index in [1.807, 2.05) is 64.1 Å². The minimum absolute atomic E-state index is 0.135. The van der Waals surface area contributed by atoms with Crippen molar-refractivity contribution < 1.29 is 19.4 Å². The highest BCUT2D eigenvalue weighted by atomic mass is 16.5. The van der Waals surface area contributed by atoms with Crippen molar-refractivity contribution in [1.29, 1.82) is 0 Å². The van der Waals surface area contributed by atoms with Crippen LogP contribution in [0.15, 0.2) is 48.0 Å². The number of Topliss-reactive ketones (excluding diaryl/α,β-unsaturated/α-hetero) is 1. The van der Waals surface area contributed by atoms with Crippen LogP contribution in [0.3, 0.4) is 0 Å². The number of carbonyl (C=O) groups excluding carboxylic acids is 2. The number of ether oxygens (including phenoxy) is 1. The first-order valence-corrected chi connectivity index (χ1v) is 9.97. The third kappa shape index (κ3) is 3.90. The molecule has 1 saturated heterocycles. The summed E-state index contributed by atoms with van der Waals surface area (Å²) in [6.45, 7) is 8.79. The first kappa shape index (κ1) is 20.6. The Morgan fingerprint density at radius 1 is 1.03 bits per heavy atom. The first-order valence-electron chi connectivity index (χ1n) is 9.97. The molecule has 1 amide bonds. The lowest BCUT2D eigenvalue weighted by Gasteiger charge is -2.25. The third-order valence-electron chi connectivity index (χ3n) is 5.29. The van der Waals surface area contributed by atoms with Gasteiger partial charge in [0.15, 0.2) is 0 Å². The SMILES string of the molecule is CCCN1C(=O)C(=O)/C(=C(\O)c2ccc(C)c(C)c2)C1c1ccc(OCC)cc1. The second-order valence-corrected chi connectivity index (χ2v) is 7.29. The Morgan fingerprint density at radius 2 is 1.72 bits per heavy atom. The number of nitrogens with zero attached hydrogens (tertiary/aromatic N) is 1. The summed E-state index contributed by atoms with van der Waals surface area (Å²) in [7, 11) is 0. The van der Waals surface area contributed by atoms with Crippen LogP contribution in [0.2, 0.25) is 0 Å². The highest BCUT2D eigenvalue weighted by Gasteiger charge is 2.45. The van der Waals surface area contributed by atoms with Gasteiger partial charge in [0, 0.05) is 12.1 Å². The Hall–Kier alpha value is -3.08. The van der Waals surface area contributed by atoms with Crippen LogP contribution in [0.25, 0.3) is 5.76 Å². The largest absolute Gasteiger partial charge is 0.507 e. The van der Waals surface area contributed by atoms with E-state index in [1.165, 1.54) is 0 Å². The molecule has 1 unspecified atom stereocenters. The molecule has 0 aliphatic carbocycles. The van der Waals surface area contributed by atoms with E-state index in [2.05, 4.69) is 0 Å². The zero-order chi connectivity index (χ0) is 21.1. The van der Waals surface area contributed by atoms with Gasteiger partial charge in [-0.1, -0.05) is 31.2 Å². The van der Waals surface area contributed by atoms with Crippen LogP contribution >= 0.6 is 0 Å². The molecule has 5 heteroatoms. The summed E-state index contributed by atoms with van der Waals surface area (Å²) >= 11 is 0. The van der Waals surface area contributed by atoms with Crippen molar-refractivity contribution in [3.05, 3.63) is 70.3 Å². The van der Waals surface area contributed by atoms with E-state index in [-0.39, 0.29) is 11.3 Å². The lowest BCUT2D eigenvalue weighted by molar-refractivity contribution is -0.139. The molecule has 0 spiro atoms. The van der Waals surface area contributed by atoms with Crippen LogP contribution in [-0.2, 0) is 9.59 Å². The van der Waals surface area contributed by atoms with Crippen LogP contribution in [0.1, 0.15) is 48.6 Å². The third-order valence-corrected chi connectivity index (χ3v) is 5.29. The number of aliphatic hydroxyl groups excluding tert-OH is 1. The fourth-order valence-electron chi connectivity index (χ4n) is 3.66. The Morgan fingerprint density at radius 3 is 2.31 bits per heavy atom. The van der Waals surface area contributed by atoms with Crippen molar-refractivity contribution in [3.63, 3.8) is 0 Å². The standard InChI is InChI=1S/C24H27NO4/c1-5-13-25-21(17-9-11-19(12-10-17)29-6-2)20(23(27)24(25)28)22(26)18-8-7-15(3)16(4)14-18/h7-12,14,21,26H,5-6,13H2,1-4H3/b22-20-. The fourth-order valence-corrected chi connectivity index (χ4v) is 3.66. The van der Waals surface area contributed by atoms with Gasteiger partial charge in [-0.05, 0) is 62.1 Å². The van der Waals surface area contributed by atoms with E-state index < -0.39 is 17.7 Å². The summed E-state index contributed by atoms with van der Waals surface area (Å²) < 4.78 is 5.50. The summed E-state index contributed by atoms with van der Waals surface area (Å²) in [4.78, 5) is 27.1. The molecule has 152 valence electrons. The average Bonchev–Trinajstić information content (AvgIpc) is 2.96. The molecule has 2 aromatic carbocycles. The summed E-state index contributed by atoms with van der Waals surface area (Å²) in [5, 5.41) is 11.0. The number of likely N-dealkylation sites (tertiary alicyclic amines) is 1. The summed E-state index contributed by atoms with van der Waals surface area (Å²) in [6, 6.07) is 12.2. The lowest BCUT2D eigenvalue weighted by atomic mass is 9.94. The predicted octanol–water partition coefficient (Wildman–Crippen LogP) is 4.53. The van der Waals surface area contributed by atoms with Gasteiger partial charge in [-0.25, -0.2) is 0 Å². The maximum atomic E-state index is 12.9. The van der Waals surface area contributed by atoms with E-state index in [0.717, 1.165) is 22.4 Å². The van der Waals surface area contributed by atoms with Gasteiger partial charge in [0.2, 0.25) is 0 Å². The second kappa shape index (κ2) is 8.52. The van der Waals surface area contributed by atoms with E-state index >= 15 is 0 Å². The van der Waals surface area contributed by atoms with Crippen LogP contribution < -0.4 is 4.74 Å². The molecule has 2 aromatic rings. The van der Waals surface area contributed by atoms with Gasteiger partial charge in [-0.3, -0.25) is 9.59 Å². The maximum Gasteiger partial charge on any atom is 0.295 e. The molecule has 0 bridgehead atoms. The van der Waals surface area contributed by atoms with Crippen LogP contribution in [0.4, 0.5) is 0 Å². The second-order valence-electron chi connectivity index (χ2n) is 7.29. The number of benzene rings is 2.